The number of carbonyl (C=O) groups excluding carboxylic acids is 2. The number of thioether (sulfide) groups is 1. The molecule has 10 nitrogen and oxygen atoms in total. The largest absolute Gasteiger partial charge is 0.489 e. The van der Waals surface area contributed by atoms with E-state index in [1.165, 1.54) is 47.6 Å². The molecule has 3 heterocycles. The minimum Gasteiger partial charge on any atom is -0.489 e. The monoisotopic (exact) mass is 728 g/mol. The number of carbonyl (C=O) groups is 2. The molecule has 16 heteroatoms. The van der Waals surface area contributed by atoms with Crippen LogP contribution in [-0.2, 0) is 37.2 Å². The molecule has 1 saturated carbocycles. The highest BCUT2D eigenvalue weighted by molar-refractivity contribution is 8.02. The molecule has 1 aromatic heterocycles. The molecule has 3 aromatic rings. The fourth-order valence-electron chi connectivity index (χ4n) is 5.43. The van der Waals surface area contributed by atoms with Crippen molar-refractivity contribution >= 4 is 62.6 Å². The SMILES string of the molecule is CN1C(=O)Cc2cc(S(=O)(=O)N3CCS[C@H]3C(=O)O[C@@H](Cc3c(Cl)c[nH+]cc3Cl)c3ccc(OC(F)F)c(OCC4CC4)c3)ccc21. The molecular formula is C31H30Cl2F2N3O7S2+. The number of sulfonamides is 1. The summed E-state index contributed by atoms with van der Waals surface area (Å²) in [6.45, 7) is -2.73. The number of esters is 1. The molecule has 1 aliphatic carbocycles. The third-order valence-corrected chi connectivity index (χ3v) is 12.0. The number of pyridine rings is 1. The van der Waals surface area contributed by atoms with Gasteiger partial charge in [-0.1, -0.05) is 29.3 Å². The molecule has 1 N–H and O–H groups in total. The van der Waals surface area contributed by atoms with Gasteiger partial charge in [0.2, 0.25) is 15.9 Å². The number of halogens is 4. The first-order valence-electron chi connectivity index (χ1n) is 14.7. The highest BCUT2D eigenvalue weighted by Crippen LogP contribution is 2.40. The van der Waals surface area contributed by atoms with Gasteiger partial charge in [0.1, 0.15) is 16.1 Å². The van der Waals surface area contributed by atoms with E-state index in [0.29, 0.717) is 40.7 Å². The zero-order chi connectivity index (χ0) is 33.5. The van der Waals surface area contributed by atoms with Gasteiger partial charge in [0.25, 0.3) is 0 Å². The van der Waals surface area contributed by atoms with Crippen LogP contribution < -0.4 is 19.4 Å². The van der Waals surface area contributed by atoms with Crippen LogP contribution in [0.4, 0.5) is 14.5 Å². The van der Waals surface area contributed by atoms with Gasteiger partial charge in [-0.15, -0.1) is 11.8 Å². The molecule has 0 radical (unpaired) electrons. The molecule has 2 atom stereocenters. The van der Waals surface area contributed by atoms with Gasteiger partial charge in [-0.05, 0) is 60.2 Å². The lowest BCUT2D eigenvalue weighted by atomic mass is 10.0. The summed E-state index contributed by atoms with van der Waals surface area (Å²) in [7, 11) is -2.55. The second kappa shape index (κ2) is 13.7. The van der Waals surface area contributed by atoms with Crippen molar-refractivity contribution in [1.29, 1.82) is 0 Å². The van der Waals surface area contributed by atoms with Crippen LogP contribution in [0.25, 0.3) is 0 Å². The normalized spacial score (nSPS) is 18.8. The summed E-state index contributed by atoms with van der Waals surface area (Å²) in [4.78, 5) is 30.3. The van der Waals surface area contributed by atoms with E-state index >= 15 is 0 Å². The van der Waals surface area contributed by atoms with E-state index in [1.54, 1.807) is 13.1 Å². The number of benzene rings is 2. The molecule has 0 unspecified atom stereocenters. The number of anilines is 1. The third kappa shape index (κ3) is 7.31. The molecule has 6 rings (SSSR count). The average Bonchev–Trinajstić information content (AvgIpc) is 3.63. The minimum absolute atomic E-state index is 0.0221. The molecule has 1 saturated heterocycles. The molecule has 2 aromatic carbocycles. The van der Waals surface area contributed by atoms with Crippen molar-refractivity contribution < 1.29 is 46.0 Å². The van der Waals surface area contributed by atoms with Crippen LogP contribution in [0.15, 0.2) is 53.7 Å². The van der Waals surface area contributed by atoms with E-state index in [4.69, 9.17) is 32.7 Å². The number of aromatic nitrogens is 1. The van der Waals surface area contributed by atoms with Crippen molar-refractivity contribution in [2.24, 2.45) is 5.92 Å². The average molecular weight is 730 g/mol. The first-order valence-corrected chi connectivity index (χ1v) is 18.0. The highest BCUT2D eigenvalue weighted by Gasteiger charge is 2.43. The first-order chi connectivity index (χ1) is 22.4. The van der Waals surface area contributed by atoms with Crippen molar-refractivity contribution in [2.45, 2.75) is 48.7 Å². The Hall–Kier alpha value is -3.17. The predicted octanol–water partition coefficient (Wildman–Crippen LogP) is 5.31. The van der Waals surface area contributed by atoms with Gasteiger partial charge in [0.15, 0.2) is 29.3 Å². The Morgan fingerprint density at radius 3 is 2.55 bits per heavy atom. The van der Waals surface area contributed by atoms with Gasteiger partial charge in [0.05, 0.1) is 17.9 Å². The number of H-pyrrole nitrogens is 1. The van der Waals surface area contributed by atoms with Crippen molar-refractivity contribution in [3.8, 4) is 11.5 Å². The van der Waals surface area contributed by atoms with Crippen molar-refractivity contribution in [1.82, 2.24) is 4.31 Å². The maximum absolute atomic E-state index is 13.8. The van der Waals surface area contributed by atoms with Crippen molar-refractivity contribution in [2.75, 3.05) is 30.9 Å². The van der Waals surface area contributed by atoms with Gasteiger partial charge < -0.3 is 19.1 Å². The highest BCUT2D eigenvalue weighted by atomic mass is 35.5. The third-order valence-electron chi connectivity index (χ3n) is 8.16. The Morgan fingerprint density at radius 2 is 1.85 bits per heavy atom. The quantitative estimate of drug-likeness (QED) is 0.231. The smallest absolute Gasteiger partial charge is 0.387 e. The fourth-order valence-corrected chi connectivity index (χ4v) is 9.07. The van der Waals surface area contributed by atoms with Crippen molar-refractivity contribution in [3.05, 3.63) is 75.5 Å². The number of likely N-dealkylation sites (N-methyl/N-ethyl adjacent to an activating group) is 1. The van der Waals surface area contributed by atoms with Gasteiger partial charge >= 0.3 is 12.6 Å². The van der Waals surface area contributed by atoms with E-state index in [9.17, 15) is 26.8 Å². The molecular weight excluding hydrogens is 699 g/mol. The van der Waals surface area contributed by atoms with E-state index in [2.05, 4.69) is 9.72 Å². The summed E-state index contributed by atoms with van der Waals surface area (Å²) in [6, 6.07) is 8.70. The van der Waals surface area contributed by atoms with Gasteiger partial charge in [-0.25, -0.2) is 18.2 Å². The Bertz CT molecular complexity index is 1790. The number of rotatable bonds is 12. The summed E-state index contributed by atoms with van der Waals surface area (Å²) in [5, 5.41) is -0.690. The summed E-state index contributed by atoms with van der Waals surface area (Å²) >= 11 is 14.0. The van der Waals surface area contributed by atoms with Crippen LogP contribution in [0, 0.1) is 5.92 Å². The molecule has 0 spiro atoms. The number of ether oxygens (including phenoxy) is 3. The number of hydrogen-bond donors (Lipinski definition) is 0. The van der Waals surface area contributed by atoms with Crippen LogP contribution in [-0.4, -0.2) is 62.5 Å². The summed E-state index contributed by atoms with van der Waals surface area (Å²) < 4.78 is 71.7. The maximum atomic E-state index is 13.8. The number of nitrogens with one attached hydrogen (secondary N) is 1. The van der Waals surface area contributed by atoms with Crippen LogP contribution in [0.3, 0.4) is 0 Å². The van der Waals surface area contributed by atoms with Crippen LogP contribution >= 0.6 is 35.0 Å². The second-order valence-electron chi connectivity index (χ2n) is 11.4. The first kappa shape index (κ1) is 33.7. The van der Waals surface area contributed by atoms with Crippen LogP contribution in [0.5, 0.6) is 11.5 Å². The molecule has 3 aliphatic rings. The Labute approximate surface area is 284 Å². The molecule has 0 bridgehead atoms. The maximum Gasteiger partial charge on any atom is 0.387 e. The topological polar surface area (TPSA) is 117 Å². The number of nitrogens with zero attached hydrogens (tertiary/aromatic N) is 2. The van der Waals surface area contributed by atoms with E-state index in [0.717, 1.165) is 28.9 Å². The van der Waals surface area contributed by atoms with E-state index in [1.807, 2.05) is 0 Å². The number of hydrogen-bond acceptors (Lipinski definition) is 8. The van der Waals surface area contributed by atoms with E-state index in [-0.39, 0.29) is 51.7 Å². The number of amides is 1. The molecule has 1 amide bonds. The molecule has 250 valence electrons. The van der Waals surface area contributed by atoms with Gasteiger partial charge in [-0.3, -0.25) is 4.79 Å². The zero-order valence-corrected chi connectivity index (χ0v) is 28.1. The van der Waals surface area contributed by atoms with Gasteiger partial charge in [0, 0.05) is 37.0 Å². The standard InChI is InChI=1S/C31H29Cl2F2N3O7S2/c1-37-24-6-5-20(10-19(24)12-28(37)39)47(41,42)38-8-9-46-29(38)30(40)44-26(13-21-22(32)14-36-15-23(21)33)18-4-7-25(45-31(34)35)27(11-18)43-16-17-2-3-17/h4-7,10-11,14-15,17,26,29,31H,2-3,8-9,12-13,16H2,1H3/p+1/t26-,29-/m0/s1. The molecule has 2 aliphatic heterocycles. The van der Waals surface area contributed by atoms with Crippen LogP contribution in [0.1, 0.15) is 35.6 Å². The van der Waals surface area contributed by atoms with Crippen LogP contribution in [0.2, 0.25) is 10.0 Å². The molecule has 2 fully saturated rings. The van der Waals surface area contributed by atoms with Crippen molar-refractivity contribution in [3.63, 3.8) is 0 Å². The molecule has 47 heavy (non-hydrogen) atoms. The summed E-state index contributed by atoms with van der Waals surface area (Å²) in [6.07, 6.45) is 3.93. The Kier molecular flexibility index (Phi) is 9.86. The second-order valence-corrected chi connectivity index (χ2v) is 15.3. The zero-order valence-electron chi connectivity index (χ0n) is 25.0. The van der Waals surface area contributed by atoms with E-state index < -0.39 is 34.1 Å². The lowest BCUT2D eigenvalue weighted by Crippen LogP contribution is -2.40. The summed E-state index contributed by atoms with van der Waals surface area (Å²) in [5.41, 5.74) is 2.03. The lowest BCUT2D eigenvalue weighted by molar-refractivity contribution is -0.377. The number of alkyl halides is 2. The number of aromatic amines is 1. The predicted molar refractivity (Wildman–Crippen MR) is 171 cm³/mol. The minimum atomic E-state index is -4.17. The lowest BCUT2D eigenvalue weighted by Gasteiger charge is -2.26. The Balaban J connectivity index is 1.30. The summed E-state index contributed by atoms with van der Waals surface area (Å²) in [5.74, 6) is -0.462. The van der Waals surface area contributed by atoms with Gasteiger partial charge in [-0.2, -0.15) is 13.1 Å². The Morgan fingerprint density at radius 1 is 1.11 bits per heavy atom. The fraction of sp³-hybridized carbons (Fsp3) is 0.387. The number of fused-ring (bicyclic) bond motifs is 1.